The average Bonchev–Trinajstić information content (AvgIpc) is 3.03. The van der Waals surface area contributed by atoms with E-state index in [1.807, 2.05) is 0 Å². The third-order valence-electron chi connectivity index (χ3n) is 4.78. The van der Waals surface area contributed by atoms with Gasteiger partial charge in [0.2, 0.25) is 10.0 Å². The van der Waals surface area contributed by atoms with Crippen molar-refractivity contribution < 1.29 is 21.6 Å². The molecular formula is C16H21F3N4O2S. The highest BCUT2D eigenvalue weighted by Crippen LogP contribution is 2.33. The number of aromatic nitrogens is 3. The smallest absolute Gasteiger partial charge is 0.234 e. The third kappa shape index (κ3) is 3.57. The molecule has 0 saturated carbocycles. The molecule has 3 heterocycles. The minimum absolute atomic E-state index is 0.0463. The van der Waals surface area contributed by atoms with Crippen molar-refractivity contribution in [1.82, 2.24) is 18.9 Å². The van der Waals surface area contributed by atoms with Crippen LogP contribution in [0.25, 0.3) is 5.65 Å². The van der Waals surface area contributed by atoms with Crippen molar-refractivity contribution in [3.8, 4) is 0 Å². The van der Waals surface area contributed by atoms with E-state index in [1.165, 1.54) is 4.31 Å². The quantitative estimate of drug-likeness (QED) is 0.805. The van der Waals surface area contributed by atoms with Crippen LogP contribution in [0.5, 0.6) is 0 Å². The Morgan fingerprint density at radius 2 is 1.85 bits per heavy atom. The van der Waals surface area contributed by atoms with E-state index in [-0.39, 0.29) is 17.3 Å². The van der Waals surface area contributed by atoms with Gasteiger partial charge in [0.15, 0.2) is 5.65 Å². The first-order valence-electron chi connectivity index (χ1n) is 8.60. The Balaban J connectivity index is 1.91. The van der Waals surface area contributed by atoms with Gasteiger partial charge in [-0.15, -0.1) is 0 Å². The van der Waals surface area contributed by atoms with Crippen molar-refractivity contribution in [3.63, 3.8) is 0 Å². The van der Waals surface area contributed by atoms with Crippen LogP contribution in [0.4, 0.5) is 13.2 Å². The number of sulfonamides is 1. The molecule has 0 unspecified atom stereocenters. The molecule has 1 aliphatic heterocycles. The minimum atomic E-state index is -4.52. The first kappa shape index (κ1) is 19.1. The Hall–Kier alpha value is -1.68. The first-order valence-corrected chi connectivity index (χ1v) is 10.2. The molecule has 0 amide bonds. The number of hydrogen-bond donors (Lipinski definition) is 0. The summed E-state index contributed by atoms with van der Waals surface area (Å²) < 4.78 is 66.2. The number of fused-ring (bicyclic) bond motifs is 1. The molecule has 1 saturated heterocycles. The zero-order chi connectivity index (χ0) is 19.1. The summed E-state index contributed by atoms with van der Waals surface area (Å²) in [6.45, 7) is 4.06. The van der Waals surface area contributed by atoms with Crippen LogP contribution in [-0.2, 0) is 22.6 Å². The molecule has 0 N–H and O–H groups in total. The average molecular weight is 390 g/mol. The summed E-state index contributed by atoms with van der Waals surface area (Å²) in [4.78, 5) is 4.25. The molecule has 6 nitrogen and oxygen atoms in total. The lowest BCUT2D eigenvalue weighted by molar-refractivity contribution is -0.142. The van der Waals surface area contributed by atoms with E-state index in [4.69, 9.17) is 0 Å². The number of nitrogens with zero attached hydrogens (tertiary/aromatic N) is 4. The van der Waals surface area contributed by atoms with Gasteiger partial charge in [-0.3, -0.25) is 0 Å². The number of hydrogen-bond acceptors (Lipinski definition) is 4. The van der Waals surface area contributed by atoms with Gasteiger partial charge in [0, 0.05) is 30.8 Å². The number of rotatable bonds is 4. The van der Waals surface area contributed by atoms with Crippen molar-refractivity contribution in [2.45, 2.75) is 45.2 Å². The van der Waals surface area contributed by atoms with Gasteiger partial charge in [-0.1, -0.05) is 6.92 Å². The molecule has 0 spiro atoms. The maximum Gasteiger partial charge on any atom is 0.433 e. The fraction of sp³-hybridized carbons (Fsp3) is 0.625. The fourth-order valence-corrected chi connectivity index (χ4v) is 4.37. The summed E-state index contributed by atoms with van der Waals surface area (Å²) in [5.74, 6) is -0.0313. The molecule has 0 radical (unpaired) electrons. The minimum Gasteiger partial charge on any atom is -0.234 e. The Kier molecular flexibility index (Phi) is 5.00. The van der Waals surface area contributed by atoms with E-state index in [0.29, 0.717) is 43.7 Å². The Morgan fingerprint density at radius 1 is 1.19 bits per heavy atom. The second-order valence-electron chi connectivity index (χ2n) is 6.40. The summed E-state index contributed by atoms with van der Waals surface area (Å²) in [5, 5.41) is 4.15. The third-order valence-corrected chi connectivity index (χ3v) is 6.66. The normalized spacial score (nSPS) is 17.9. The lowest BCUT2D eigenvalue weighted by Gasteiger charge is -2.30. The van der Waals surface area contributed by atoms with Gasteiger partial charge in [0.05, 0.1) is 11.4 Å². The number of alkyl halides is 3. The van der Waals surface area contributed by atoms with Gasteiger partial charge in [-0.2, -0.15) is 18.3 Å². The zero-order valence-electron chi connectivity index (χ0n) is 14.6. The van der Waals surface area contributed by atoms with Gasteiger partial charge in [-0.25, -0.2) is 22.2 Å². The van der Waals surface area contributed by atoms with E-state index in [1.54, 1.807) is 19.9 Å². The Labute approximate surface area is 150 Å². The predicted octanol–water partition coefficient (Wildman–Crippen LogP) is 2.84. The van der Waals surface area contributed by atoms with Crippen LogP contribution in [0.1, 0.15) is 49.7 Å². The largest absolute Gasteiger partial charge is 0.433 e. The maximum atomic E-state index is 13.3. The summed E-state index contributed by atoms with van der Waals surface area (Å²) in [6, 6.07) is 2.61. The predicted molar refractivity (Wildman–Crippen MR) is 90.4 cm³/mol. The molecule has 26 heavy (non-hydrogen) atoms. The second kappa shape index (κ2) is 6.80. The van der Waals surface area contributed by atoms with Gasteiger partial charge in [0.1, 0.15) is 5.69 Å². The summed E-state index contributed by atoms with van der Waals surface area (Å²) >= 11 is 0. The lowest BCUT2D eigenvalue weighted by atomic mass is 9.95. The molecule has 0 bridgehead atoms. The Morgan fingerprint density at radius 3 is 2.38 bits per heavy atom. The van der Waals surface area contributed by atoms with Crippen molar-refractivity contribution in [2.75, 3.05) is 18.8 Å². The molecule has 0 aliphatic carbocycles. The summed E-state index contributed by atoms with van der Waals surface area (Å²) in [5.41, 5.74) is 0.233. The molecule has 2 aromatic rings. The molecule has 1 fully saturated rings. The standard InChI is InChI=1S/C16H21F3N4O2S/c1-3-12-9-14(16(17,18)19)23-15(20-12)10-13(21-23)11-5-7-22(8-6-11)26(24,25)4-2/h9-11H,3-8H2,1-2H3. The topological polar surface area (TPSA) is 67.6 Å². The SMILES string of the molecule is CCc1cc(C(F)(F)F)n2nc(C3CCN(S(=O)(=O)CC)CC3)cc2n1. The van der Waals surface area contributed by atoms with Gasteiger partial charge in [-0.05, 0) is 32.3 Å². The van der Waals surface area contributed by atoms with E-state index in [0.717, 1.165) is 10.6 Å². The number of halogens is 3. The first-order chi connectivity index (χ1) is 12.2. The van der Waals surface area contributed by atoms with E-state index < -0.39 is 21.9 Å². The monoisotopic (exact) mass is 390 g/mol. The van der Waals surface area contributed by atoms with Crippen LogP contribution in [0, 0.1) is 0 Å². The molecule has 10 heteroatoms. The lowest BCUT2D eigenvalue weighted by Crippen LogP contribution is -2.38. The van der Waals surface area contributed by atoms with Crippen LogP contribution >= 0.6 is 0 Å². The fourth-order valence-electron chi connectivity index (χ4n) is 3.24. The van der Waals surface area contributed by atoms with Gasteiger partial charge >= 0.3 is 6.18 Å². The van der Waals surface area contributed by atoms with Crippen LogP contribution in [-0.4, -0.2) is 46.2 Å². The second-order valence-corrected chi connectivity index (χ2v) is 8.65. The molecule has 0 atom stereocenters. The van der Waals surface area contributed by atoms with Crippen molar-refractivity contribution in [1.29, 1.82) is 0 Å². The highest BCUT2D eigenvalue weighted by Gasteiger charge is 2.36. The van der Waals surface area contributed by atoms with Crippen LogP contribution in [0.3, 0.4) is 0 Å². The van der Waals surface area contributed by atoms with E-state index >= 15 is 0 Å². The number of piperidine rings is 1. The Bertz CT molecular complexity index is 900. The molecular weight excluding hydrogens is 369 g/mol. The molecule has 144 valence electrons. The number of aryl methyl sites for hydroxylation is 1. The molecule has 2 aromatic heterocycles. The van der Waals surface area contributed by atoms with E-state index in [2.05, 4.69) is 10.1 Å². The van der Waals surface area contributed by atoms with Gasteiger partial charge in [0.25, 0.3) is 0 Å². The summed E-state index contributed by atoms with van der Waals surface area (Å²) in [7, 11) is -3.24. The van der Waals surface area contributed by atoms with Crippen molar-refractivity contribution >= 4 is 15.7 Å². The summed E-state index contributed by atoms with van der Waals surface area (Å²) in [6.07, 6.45) is -3.06. The molecule has 0 aromatic carbocycles. The molecule has 3 rings (SSSR count). The maximum absolute atomic E-state index is 13.3. The van der Waals surface area contributed by atoms with Crippen LogP contribution < -0.4 is 0 Å². The zero-order valence-corrected chi connectivity index (χ0v) is 15.4. The van der Waals surface area contributed by atoms with Crippen molar-refractivity contribution in [2.24, 2.45) is 0 Å². The van der Waals surface area contributed by atoms with Gasteiger partial charge < -0.3 is 0 Å². The van der Waals surface area contributed by atoms with Crippen LogP contribution in [0.15, 0.2) is 12.1 Å². The highest BCUT2D eigenvalue weighted by molar-refractivity contribution is 7.89. The van der Waals surface area contributed by atoms with E-state index in [9.17, 15) is 21.6 Å². The molecule has 1 aliphatic rings. The van der Waals surface area contributed by atoms with Crippen LogP contribution in [0.2, 0.25) is 0 Å². The highest BCUT2D eigenvalue weighted by atomic mass is 32.2. The van der Waals surface area contributed by atoms with Crippen molar-refractivity contribution in [3.05, 3.63) is 29.2 Å².